The molecule has 1 saturated carbocycles. The predicted octanol–water partition coefficient (Wildman–Crippen LogP) is 0.529. The maximum Gasteiger partial charge on any atom is 0.0915 e. The molecule has 0 aliphatic heterocycles. The smallest absolute Gasteiger partial charge is 0.0915 e. The average molecular weight is 190 g/mol. The van der Waals surface area contributed by atoms with E-state index in [-0.39, 0.29) is 0 Å². The first-order valence-corrected chi connectivity index (χ1v) is 5.94. The Hall–Kier alpha value is 0.0700. The van der Waals surface area contributed by atoms with E-state index in [4.69, 9.17) is 5.73 Å². The fraction of sp³-hybridized carbons (Fsp3) is 1.00. The topological polar surface area (TPSA) is 55.1 Å². The minimum Gasteiger partial charge on any atom is -0.328 e. The SMILES string of the molecule is CCS(=O)NC1CCCC(N)C1. The van der Waals surface area contributed by atoms with Crippen LogP contribution in [0.3, 0.4) is 0 Å². The fourth-order valence-corrected chi connectivity index (χ4v) is 2.36. The van der Waals surface area contributed by atoms with Crippen molar-refractivity contribution in [3.63, 3.8) is 0 Å². The van der Waals surface area contributed by atoms with E-state index in [0.29, 0.717) is 17.8 Å². The van der Waals surface area contributed by atoms with Crippen LogP contribution in [0.5, 0.6) is 0 Å². The van der Waals surface area contributed by atoms with Crippen LogP contribution >= 0.6 is 0 Å². The zero-order valence-electron chi connectivity index (χ0n) is 7.58. The predicted molar refractivity (Wildman–Crippen MR) is 52.1 cm³/mol. The Balaban J connectivity index is 2.27. The minimum atomic E-state index is -0.845. The molecule has 0 aromatic heterocycles. The molecule has 1 rings (SSSR count). The quantitative estimate of drug-likeness (QED) is 0.682. The summed E-state index contributed by atoms with van der Waals surface area (Å²) < 4.78 is 14.2. The molecule has 0 aromatic rings. The lowest BCUT2D eigenvalue weighted by Crippen LogP contribution is -2.40. The lowest BCUT2D eigenvalue weighted by molar-refractivity contribution is 0.375. The Morgan fingerprint density at radius 2 is 2.33 bits per heavy atom. The van der Waals surface area contributed by atoms with Crippen LogP contribution in [0, 0.1) is 0 Å². The van der Waals surface area contributed by atoms with Crippen molar-refractivity contribution in [3.05, 3.63) is 0 Å². The molecule has 0 saturated heterocycles. The summed E-state index contributed by atoms with van der Waals surface area (Å²) in [6.07, 6.45) is 4.39. The lowest BCUT2D eigenvalue weighted by atomic mass is 9.92. The summed E-state index contributed by atoms with van der Waals surface area (Å²) in [6, 6.07) is 0.694. The summed E-state index contributed by atoms with van der Waals surface area (Å²) in [5, 5.41) is 0. The molecule has 0 bridgehead atoms. The van der Waals surface area contributed by atoms with Gasteiger partial charge in [-0.3, -0.25) is 0 Å². The lowest BCUT2D eigenvalue weighted by Gasteiger charge is -2.26. The van der Waals surface area contributed by atoms with E-state index >= 15 is 0 Å². The molecular weight excluding hydrogens is 172 g/mol. The molecule has 0 aromatic carbocycles. The standard InChI is InChI=1S/C8H18N2OS/c1-2-12(11)10-8-5-3-4-7(9)6-8/h7-8,10H,2-6,9H2,1H3. The zero-order chi connectivity index (χ0) is 8.97. The Morgan fingerprint density at radius 3 is 2.92 bits per heavy atom. The summed E-state index contributed by atoms with van der Waals surface area (Å²) >= 11 is 0. The molecule has 3 N–H and O–H groups in total. The molecule has 0 radical (unpaired) electrons. The summed E-state index contributed by atoms with van der Waals surface area (Å²) in [5.74, 6) is 0.686. The molecule has 3 atom stereocenters. The van der Waals surface area contributed by atoms with Crippen LogP contribution in [0.4, 0.5) is 0 Å². The number of rotatable bonds is 3. The van der Waals surface area contributed by atoms with Gasteiger partial charge in [0.25, 0.3) is 0 Å². The van der Waals surface area contributed by atoms with Gasteiger partial charge in [0.1, 0.15) is 0 Å². The summed E-state index contributed by atoms with van der Waals surface area (Å²) in [5.41, 5.74) is 5.80. The van der Waals surface area contributed by atoms with E-state index in [9.17, 15) is 4.21 Å². The van der Waals surface area contributed by atoms with Crippen LogP contribution in [-0.4, -0.2) is 22.0 Å². The van der Waals surface area contributed by atoms with E-state index in [2.05, 4.69) is 4.72 Å². The first-order valence-electron chi connectivity index (χ1n) is 4.62. The van der Waals surface area contributed by atoms with Crippen LogP contribution in [0.25, 0.3) is 0 Å². The van der Waals surface area contributed by atoms with E-state index in [1.807, 2.05) is 6.92 Å². The van der Waals surface area contributed by atoms with Gasteiger partial charge in [-0.2, -0.15) is 0 Å². The molecule has 0 amide bonds. The molecule has 1 fully saturated rings. The highest BCUT2D eigenvalue weighted by molar-refractivity contribution is 7.82. The van der Waals surface area contributed by atoms with Crippen molar-refractivity contribution in [1.82, 2.24) is 4.72 Å². The summed E-state index contributed by atoms with van der Waals surface area (Å²) in [4.78, 5) is 0. The molecule has 3 unspecified atom stereocenters. The van der Waals surface area contributed by atoms with Gasteiger partial charge in [-0.25, -0.2) is 8.93 Å². The van der Waals surface area contributed by atoms with Crippen LogP contribution in [0.2, 0.25) is 0 Å². The van der Waals surface area contributed by atoms with Crippen molar-refractivity contribution in [2.45, 2.75) is 44.7 Å². The second-order valence-electron chi connectivity index (χ2n) is 3.38. The number of nitrogens with two attached hydrogens (primary N) is 1. The van der Waals surface area contributed by atoms with E-state index in [1.165, 1.54) is 6.42 Å². The van der Waals surface area contributed by atoms with Gasteiger partial charge in [0, 0.05) is 17.8 Å². The van der Waals surface area contributed by atoms with Gasteiger partial charge in [0.05, 0.1) is 11.0 Å². The van der Waals surface area contributed by atoms with Crippen molar-refractivity contribution in [2.24, 2.45) is 5.73 Å². The van der Waals surface area contributed by atoms with Gasteiger partial charge in [0.15, 0.2) is 0 Å². The summed E-state index contributed by atoms with van der Waals surface area (Å²) in [6.45, 7) is 1.92. The molecule has 0 heterocycles. The van der Waals surface area contributed by atoms with Gasteiger partial charge in [0.2, 0.25) is 0 Å². The maximum absolute atomic E-state index is 11.1. The second-order valence-corrected chi connectivity index (χ2v) is 4.88. The first-order chi connectivity index (χ1) is 5.72. The zero-order valence-corrected chi connectivity index (χ0v) is 8.40. The second kappa shape index (κ2) is 4.94. The van der Waals surface area contributed by atoms with Crippen LogP contribution in [-0.2, 0) is 11.0 Å². The minimum absolute atomic E-state index is 0.310. The number of nitrogens with one attached hydrogen (secondary N) is 1. The Kier molecular flexibility index (Phi) is 4.18. The molecule has 12 heavy (non-hydrogen) atoms. The highest BCUT2D eigenvalue weighted by Gasteiger charge is 2.19. The van der Waals surface area contributed by atoms with Crippen molar-refractivity contribution < 1.29 is 4.21 Å². The third-order valence-electron chi connectivity index (χ3n) is 2.28. The number of hydrogen-bond acceptors (Lipinski definition) is 2. The normalized spacial score (nSPS) is 33.2. The maximum atomic E-state index is 11.1. The Labute approximate surface area is 76.7 Å². The largest absolute Gasteiger partial charge is 0.328 e. The van der Waals surface area contributed by atoms with Crippen LogP contribution < -0.4 is 10.5 Å². The first kappa shape index (κ1) is 10.2. The Morgan fingerprint density at radius 1 is 1.58 bits per heavy atom. The molecule has 4 heteroatoms. The fourth-order valence-electron chi connectivity index (χ4n) is 1.60. The van der Waals surface area contributed by atoms with Gasteiger partial charge in [-0.15, -0.1) is 0 Å². The van der Waals surface area contributed by atoms with Gasteiger partial charge in [-0.05, 0) is 19.3 Å². The van der Waals surface area contributed by atoms with Crippen molar-refractivity contribution in [2.75, 3.05) is 5.75 Å². The third-order valence-corrected chi connectivity index (χ3v) is 3.40. The highest BCUT2D eigenvalue weighted by atomic mass is 32.2. The van der Waals surface area contributed by atoms with E-state index in [1.54, 1.807) is 0 Å². The average Bonchev–Trinajstić information content (AvgIpc) is 2.04. The van der Waals surface area contributed by atoms with E-state index in [0.717, 1.165) is 19.3 Å². The Bertz CT molecular complexity index is 163. The monoisotopic (exact) mass is 190 g/mol. The summed E-state index contributed by atoms with van der Waals surface area (Å²) in [7, 11) is -0.845. The van der Waals surface area contributed by atoms with Crippen molar-refractivity contribution >= 4 is 11.0 Å². The molecular formula is C8H18N2OS. The van der Waals surface area contributed by atoms with E-state index < -0.39 is 11.0 Å². The molecule has 1 aliphatic rings. The third kappa shape index (κ3) is 3.21. The van der Waals surface area contributed by atoms with Gasteiger partial charge in [-0.1, -0.05) is 13.3 Å². The molecule has 72 valence electrons. The van der Waals surface area contributed by atoms with Gasteiger partial charge >= 0.3 is 0 Å². The van der Waals surface area contributed by atoms with Crippen LogP contribution in [0.15, 0.2) is 0 Å². The number of hydrogen-bond donors (Lipinski definition) is 2. The van der Waals surface area contributed by atoms with Crippen molar-refractivity contribution in [3.8, 4) is 0 Å². The van der Waals surface area contributed by atoms with Crippen LogP contribution in [0.1, 0.15) is 32.6 Å². The molecule has 3 nitrogen and oxygen atoms in total. The van der Waals surface area contributed by atoms with Gasteiger partial charge < -0.3 is 5.73 Å². The highest BCUT2D eigenvalue weighted by Crippen LogP contribution is 2.16. The molecule has 0 spiro atoms. The van der Waals surface area contributed by atoms with Crippen molar-refractivity contribution in [1.29, 1.82) is 0 Å². The molecule has 1 aliphatic carbocycles.